The second kappa shape index (κ2) is 9.61. The van der Waals surface area contributed by atoms with Crippen molar-refractivity contribution in [2.45, 2.75) is 35.7 Å². The highest BCUT2D eigenvalue weighted by Gasteiger charge is 2.55. The molecule has 2 atom stereocenters. The van der Waals surface area contributed by atoms with E-state index in [1.54, 1.807) is 6.07 Å². The minimum atomic E-state index is -1.17. The summed E-state index contributed by atoms with van der Waals surface area (Å²) in [5.41, 5.74) is 7.89. The lowest BCUT2D eigenvalue weighted by Crippen LogP contribution is -2.66. The standard InChI is InChI=1S/C20H20N4O5S3/c1-10-22-23-20(32-10)31-9-13-8-30-18-16(17(26)24(18)15(13)19(27)28)29-14(25)6-11-4-2-3-5-12(11)7-21/h2-5,16,18H,6-9,21H2,1H3,(H,27,28)/t16-,18-/m1/s1. The molecule has 1 fully saturated rings. The Labute approximate surface area is 196 Å². The van der Waals surface area contributed by atoms with Crippen LogP contribution in [0.25, 0.3) is 0 Å². The molecule has 0 saturated carbocycles. The van der Waals surface area contributed by atoms with Gasteiger partial charge in [-0.2, -0.15) is 0 Å². The third-order valence-electron chi connectivity index (χ3n) is 5.01. The molecule has 4 rings (SSSR count). The number of rotatable bonds is 8. The normalized spacial score (nSPS) is 20.1. The number of ether oxygens (including phenoxy) is 1. The van der Waals surface area contributed by atoms with Crippen LogP contribution in [0.3, 0.4) is 0 Å². The zero-order chi connectivity index (χ0) is 22.8. The number of fused-ring (bicyclic) bond motifs is 1. The molecule has 2 aromatic rings. The predicted molar refractivity (Wildman–Crippen MR) is 121 cm³/mol. The van der Waals surface area contributed by atoms with Crippen molar-refractivity contribution in [1.29, 1.82) is 0 Å². The van der Waals surface area contributed by atoms with E-state index in [-0.39, 0.29) is 12.1 Å². The van der Waals surface area contributed by atoms with Crippen molar-refractivity contribution in [2.75, 3.05) is 11.5 Å². The van der Waals surface area contributed by atoms with Crippen molar-refractivity contribution in [2.24, 2.45) is 5.73 Å². The molecule has 9 nitrogen and oxygen atoms in total. The molecular formula is C20H20N4O5S3. The molecule has 1 aromatic heterocycles. The Bertz CT molecular complexity index is 1100. The number of β-lactam (4-membered cyclic amide) rings is 1. The predicted octanol–water partition coefficient (Wildman–Crippen LogP) is 1.81. The molecule has 1 saturated heterocycles. The molecule has 0 bridgehead atoms. The minimum absolute atomic E-state index is 0.000672. The number of nitrogens with zero attached hydrogens (tertiary/aromatic N) is 3. The quantitative estimate of drug-likeness (QED) is 0.319. The number of carbonyl (C=O) groups excluding carboxylic acids is 2. The largest absolute Gasteiger partial charge is 0.477 e. The first kappa shape index (κ1) is 22.8. The van der Waals surface area contributed by atoms with E-state index in [9.17, 15) is 19.5 Å². The molecular weight excluding hydrogens is 472 g/mol. The number of thioether (sulfide) groups is 2. The van der Waals surface area contributed by atoms with Crippen LogP contribution < -0.4 is 5.73 Å². The van der Waals surface area contributed by atoms with E-state index in [0.29, 0.717) is 23.6 Å². The second-order valence-electron chi connectivity index (χ2n) is 7.10. The number of esters is 1. The number of aliphatic carboxylic acids is 1. The summed E-state index contributed by atoms with van der Waals surface area (Å²) < 4.78 is 6.18. The lowest BCUT2D eigenvalue weighted by molar-refractivity contribution is -0.174. The van der Waals surface area contributed by atoms with E-state index >= 15 is 0 Å². The van der Waals surface area contributed by atoms with Gasteiger partial charge in [0.1, 0.15) is 16.1 Å². The Morgan fingerprint density at radius 1 is 1.31 bits per heavy atom. The molecule has 3 heterocycles. The van der Waals surface area contributed by atoms with E-state index in [2.05, 4.69) is 10.2 Å². The van der Waals surface area contributed by atoms with Crippen LogP contribution in [0.1, 0.15) is 16.1 Å². The first-order valence-corrected chi connectivity index (χ1v) is 12.5. The molecule has 1 aromatic carbocycles. The number of carbonyl (C=O) groups is 3. The van der Waals surface area contributed by atoms with Crippen molar-refractivity contribution < 1.29 is 24.2 Å². The fourth-order valence-electron chi connectivity index (χ4n) is 3.49. The van der Waals surface area contributed by atoms with Crippen LogP contribution in [-0.2, 0) is 32.1 Å². The summed E-state index contributed by atoms with van der Waals surface area (Å²) in [4.78, 5) is 38.4. The Balaban J connectivity index is 1.43. The van der Waals surface area contributed by atoms with Crippen molar-refractivity contribution in [3.8, 4) is 0 Å². The van der Waals surface area contributed by atoms with Gasteiger partial charge in [-0.15, -0.1) is 22.0 Å². The Morgan fingerprint density at radius 2 is 2.06 bits per heavy atom. The molecule has 2 aliphatic heterocycles. The van der Waals surface area contributed by atoms with Crippen LogP contribution in [0.2, 0.25) is 0 Å². The van der Waals surface area contributed by atoms with Crippen LogP contribution in [0, 0.1) is 6.92 Å². The Morgan fingerprint density at radius 3 is 2.72 bits per heavy atom. The highest BCUT2D eigenvalue weighted by Crippen LogP contribution is 2.43. The van der Waals surface area contributed by atoms with Crippen LogP contribution in [0.4, 0.5) is 0 Å². The molecule has 1 amide bonds. The maximum absolute atomic E-state index is 12.7. The van der Waals surface area contributed by atoms with Gasteiger partial charge >= 0.3 is 11.9 Å². The van der Waals surface area contributed by atoms with Gasteiger partial charge in [0.2, 0.25) is 6.10 Å². The van der Waals surface area contributed by atoms with Crippen LogP contribution in [0.5, 0.6) is 0 Å². The minimum Gasteiger partial charge on any atom is -0.477 e. The van der Waals surface area contributed by atoms with Crippen LogP contribution in [-0.4, -0.2) is 61.0 Å². The first-order chi connectivity index (χ1) is 15.4. The van der Waals surface area contributed by atoms with Crippen molar-refractivity contribution in [3.63, 3.8) is 0 Å². The van der Waals surface area contributed by atoms with E-state index in [0.717, 1.165) is 20.5 Å². The highest BCUT2D eigenvalue weighted by molar-refractivity contribution is 8.01. The zero-order valence-corrected chi connectivity index (χ0v) is 19.5. The summed E-state index contributed by atoms with van der Waals surface area (Å²) in [6.45, 7) is 2.14. The molecule has 168 valence electrons. The SMILES string of the molecule is Cc1nnc(SCC2=C(C(=O)O)N3C(=O)[C@@H](OC(=O)Cc4ccccc4CN)[C@H]3SC2)s1. The third kappa shape index (κ3) is 4.53. The number of aromatic nitrogens is 2. The molecule has 0 spiro atoms. The van der Waals surface area contributed by atoms with Gasteiger partial charge in [0.05, 0.1) is 6.42 Å². The number of amides is 1. The van der Waals surface area contributed by atoms with Gasteiger partial charge in [0.15, 0.2) is 4.34 Å². The van der Waals surface area contributed by atoms with Gasteiger partial charge in [0, 0.05) is 18.1 Å². The van der Waals surface area contributed by atoms with Gasteiger partial charge in [0.25, 0.3) is 5.91 Å². The summed E-state index contributed by atoms with van der Waals surface area (Å²) in [5, 5.41) is 18.0. The van der Waals surface area contributed by atoms with Gasteiger partial charge in [-0.25, -0.2) is 4.79 Å². The molecule has 12 heteroatoms. The number of hydrogen-bond acceptors (Lipinski definition) is 10. The van der Waals surface area contributed by atoms with E-state index in [4.69, 9.17) is 10.5 Å². The van der Waals surface area contributed by atoms with Crippen molar-refractivity contribution >= 4 is 52.7 Å². The number of hydrogen-bond donors (Lipinski definition) is 2. The molecule has 0 radical (unpaired) electrons. The van der Waals surface area contributed by atoms with Crippen LogP contribution in [0.15, 0.2) is 39.9 Å². The summed E-state index contributed by atoms with van der Waals surface area (Å²) in [5.74, 6) is -1.42. The molecule has 0 aliphatic carbocycles. The summed E-state index contributed by atoms with van der Waals surface area (Å²) in [7, 11) is 0. The van der Waals surface area contributed by atoms with Crippen molar-refractivity contribution in [3.05, 3.63) is 51.7 Å². The highest BCUT2D eigenvalue weighted by atomic mass is 32.2. The maximum atomic E-state index is 12.7. The average Bonchev–Trinajstić information content (AvgIpc) is 3.20. The second-order valence-corrected chi connectivity index (χ2v) is 10.6. The summed E-state index contributed by atoms with van der Waals surface area (Å²) in [6, 6.07) is 7.27. The number of benzene rings is 1. The van der Waals surface area contributed by atoms with Gasteiger partial charge in [-0.05, 0) is 23.6 Å². The van der Waals surface area contributed by atoms with Gasteiger partial charge in [-0.3, -0.25) is 14.5 Å². The van der Waals surface area contributed by atoms with Gasteiger partial charge < -0.3 is 15.6 Å². The Kier molecular flexibility index (Phi) is 6.84. The monoisotopic (exact) mass is 492 g/mol. The van der Waals surface area contributed by atoms with E-state index < -0.39 is 29.3 Å². The number of carboxylic acid groups (broad SMARTS) is 1. The fraction of sp³-hybridized carbons (Fsp3) is 0.350. The number of nitrogens with two attached hydrogens (primary N) is 1. The molecule has 2 aliphatic rings. The smallest absolute Gasteiger partial charge is 0.352 e. The van der Waals surface area contributed by atoms with E-state index in [1.807, 2.05) is 25.1 Å². The summed E-state index contributed by atoms with van der Waals surface area (Å²) in [6.07, 6.45) is -0.994. The number of carboxylic acids is 1. The van der Waals surface area contributed by atoms with Crippen molar-refractivity contribution in [1.82, 2.24) is 15.1 Å². The maximum Gasteiger partial charge on any atom is 0.352 e. The van der Waals surface area contributed by atoms with Crippen LogP contribution >= 0.6 is 34.9 Å². The van der Waals surface area contributed by atoms with E-state index in [1.165, 1.54) is 39.8 Å². The third-order valence-corrected chi connectivity index (χ3v) is 8.38. The molecule has 0 unspecified atom stereocenters. The fourth-order valence-corrected chi connectivity index (χ4v) is 6.76. The lowest BCUT2D eigenvalue weighted by atomic mass is 10.0. The first-order valence-electron chi connectivity index (χ1n) is 9.68. The molecule has 3 N–H and O–H groups in total. The molecule has 32 heavy (non-hydrogen) atoms. The van der Waals surface area contributed by atoms with Gasteiger partial charge in [-0.1, -0.05) is 47.4 Å². The average molecular weight is 493 g/mol. The topological polar surface area (TPSA) is 136 Å². The Hall–Kier alpha value is -2.41. The summed E-state index contributed by atoms with van der Waals surface area (Å²) >= 11 is 4.21. The zero-order valence-electron chi connectivity index (χ0n) is 17.0. The lowest BCUT2D eigenvalue weighted by Gasteiger charge is -2.48. The number of aryl methyl sites for hydroxylation is 1.